The van der Waals surface area contributed by atoms with Gasteiger partial charge < -0.3 is 9.16 Å². The lowest BCUT2D eigenvalue weighted by Gasteiger charge is -2.42. The molecule has 0 bridgehead atoms. The van der Waals surface area contributed by atoms with E-state index in [9.17, 15) is 4.79 Å². The normalized spacial score (nSPS) is 17.7. The van der Waals surface area contributed by atoms with Crippen LogP contribution >= 0.6 is 0 Å². The van der Waals surface area contributed by atoms with E-state index in [1.165, 1.54) is 7.11 Å². The molecular weight excluding hydrogens is 256 g/mol. The first-order valence-corrected chi connectivity index (χ1v) is 10.1. The standard InChI is InChI=1S/C15H32O3Si/c1-10-11(2)13(12(3)14(16)17-7)18-19(8,9)15(4,5)6/h11-13H,10H2,1-9H3/t11-,12+,13+/m0/s1. The van der Waals surface area contributed by atoms with Gasteiger partial charge in [0.25, 0.3) is 0 Å². The largest absolute Gasteiger partial charge is 0.469 e. The first-order chi connectivity index (χ1) is 8.47. The molecule has 0 saturated heterocycles. The molecule has 19 heavy (non-hydrogen) atoms. The maximum atomic E-state index is 11.8. The number of hydrogen-bond acceptors (Lipinski definition) is 3. The summed E-state index contributed by atoms with van der Waals surface area (Å²) in [5, 5.41) is 0.147. The molecule has 4 heteroatoms. The van der Waals surface area contributed by atoms with E-state index in [1.54, 1.807) is 0 Å². The third kappa shape index (κ3) is 4.92. The highest BCUT2D eigenvalue weighted by molar-refractivity contribution is 6.74. The van der Waals surface area contributed by atoms with Crippen LogP contribution in [0.4, 0.5) is 0 Å². The fourth-order valence-electron chi connectivity index (χ4n) is 1.78. The second-order valence-electron chi connectivity index (χ2n) is 7.04. The monoisotopic (exact) mass is 288 g/mol. The Morgan fingerprint density at radius 3 is 2.00 bits per heavy atom. The molecule has 0 saturated carbocycles. The van der Waals surface area contributed by atoms with Crippen LogP contribution in [0.15, 0.2) is 0 Å². The summed E-state index contributed by atoms with van der Waals surface area (Å²) in [5.74, 6) is -0.0405. The van der Waals surface area contributed by atoms with Crippen molar-refractivity contribution in [2.24, 2.45) is 11.8 Å². The third-order valence-corrected chi connectivity index (χ3v) is 8.98. The molecule has 0 aromatic rings. The average Bonchev–Trinajstić information content (AvgIpc) is 2.31. The van der Waals surface area contributed by atoms with Gasteiger partial charge in [0.1, 0.15) is 0 Å². The number of methoxy groups -OCH3 is 1. The van der Waals surface area contributed by atoms with Crippen LogP contribution in [0.5, 0.6) is 0 Å². The predicted molar refractivity (Wildman–Crippen MR) is 82.7 cm³/mol. The lowest BCUT2D eigenvalue weighted by molar-refractivity contribution is -0.149. The molecule has 3 atom stereocenters. The smallest absolute Gasteiger partial charge is 0.310 e. The van der Waals surface area contributed by atoms with Gasteiger partial charge in [-0.1, -0.05) is 41.0 Å². The van der Waals surface area contributed by atoms with E-state index >= 15 is 0 Å². The Labute approximate surface area is 120 Å². The maximum Gasteiger partial charge on any atom is 0.310 e. The van der Waals surface area contributed by atoms with Crippen molar-refractivity contribution in [3.63, 3.8) is 0 Å². The van der Waals surface area contributed by atoms with E-state index in [4.69, 9.17) is 9.16 Å². The second-order valence-corrected chi connectivity index (χ2v) is 11.8. The fraction of sp³-hybridized carbons (Fsp3) is 0.933. The summed E-state index contributed by atoms with van der Waals surface area (Å²) in [7, 11) is -0.433. The number of carbonyl (C=O) groups is 1. The molecule has 3 nitrogen and oxygen atoms in total. The molecule has 0 aromatic carbocycles. The fourth-order valence-corrected chi connectivity index (χ4v) is 3.25. The first-order valence-electron chi connectivity index (χ1n) is 7.23. The first kappa shape index (κ1) is 18.6. The third-order valence-electron chi connectivity index (χ3n) is 4.51. The van der Waals surface area contributed by atoms with Crippen LogP contribution in [0.25, 0.3) is 0 Å². The van der Waals surface area contributed by atoms with Crippen LogP contribution in [0.2, 0.25) is 18.1 Å². The summed E-state index contributed by atoms with van der Waals surface area (Å²) in [4.78, 5) is 11.8. The minimum absolute atomic E-state index is 0.0571. The van der Waals surface area contributed by atoms with Crippen molar-refractivity contribution in [1.82, 2.24) is 0 Å². The second kappa shape index (κ2) is 6.89. The zero-order valence-electron chi connectivity index (χ0n) is 14.2. The van der Waals surface area contributed by atoms with Crippen molar-refractivity contribution in [2.75, 3.05) is 7.11 Å². The van der Waals surface area contributed by atoms with Gasteiger partial charge in [-0.05, 0) is 31.0 Å². The molecule has 0 aliphatic carbocycles. The van der Waals surface area contributed by atoms with Crippen LogP contribution in [0.3, 0.4) is 0 Å². The van der Waals surface area contributed by atoms with Crippen LogP contribution in [0.1, 0.15) is 48.0 Å². The van der Waals surface area contributed by atoms with Crippen molar-refractivity contribution in [3.05, 3.63) is 0 Å². The quantitative estimate of drug-likeness (QED) is 0.542. The van der Waals surface area contributed by atoms with Crippen LogP contribution in [-0.4, -0.2) is 27.5 Å². The van der Waals surface area contributed by atoms with Crippen LogP contribution < -0.4 is 0 Å². The number of esters is 1. The molecule has 0 aliphatic heterocycles. The SMILES string of the molecule is CC[C@H](C)[C@@H](O[Si](C)(C)C(C)(C)C)[C@@H](C)C(=O)OC. The molecule has 0 aromatic heterocycles. The molecule has 0 N–H and O–H groups in total. The molecule has 0 heterocycles. The molecule has 0 unspecified atom stereocenters. The maximum absolute atomic E-state index is 11.8. The van der Waals surface area contributed by atoms with E-state index < -0.39 is 8.32 Å². The van der Waals surface area contributed by atoms with Gasteiger partial charge in [0, 0.05) is 0 Å². The molecule has 114 valence electrons. The van der Waals surface area contributed by atoms with Crippen LogP contribution in [0, 0.1) is 11.8 Å². The summed E-state index contributed by atoms with van der Waals surface area (Å²) >= 11 is 0. The van der Waals surface area contributed by atoms with Crippen molar-refractivity contribution >= 4 is 14.3 Å². The molecule has 0 rings (SSSR count). The summed E-state index contributed by atoms with van der Waals surface area (Å²) in [6.07, 6.45) is 0.944. The van der Waals surface area contributed by atoms with Gasteiger partial charge in [-0.3, -0.25) is 4.79 Å². The Kier molecular flexibility index (Phi) is 6.76. The lowest BCUT2D eigenvalue weighted by Crippen LogP contribution is -2.48. The average molecular weight is 289 g/mol. The molecule has 0 aliphatic rings. The van der Waals surface area contributed by atoms with Gasteiger partial charge in [0.2, 0.25) is 0 Å². The van der Waals surface area contributed by atoms with Crippen molar-refractivity contribution in [1.29, 1.82) is 0 Å². The Bertz CT molecular complexity index is 294. The summed E-state index contributed by atoms with van der Waals surface area (Å²) < 4.78 is 11.4. The van der Waals surface area contributed by atoms with Gasteiger partial charge in [0.15, 0.2) is 8.32 Å². The number of hydrogen-bond donors (Lipinski definition) is 0. The number of rotatable bonds is 6. The molecule has 0 fully saturated rings. The molecule has 0 spiro atoms. The van der Waals surface area contributed by atoms with E-state index in [2.05, 4.69) is 47.7 Å². The molecule has 0 radical (unpaired) electrons. The lowest BCUT2D eigenvalue weighted by atomic mass is 9.92. The van der Waals surface area contributed by atoms with Gasteiger partial charge in [0.05, 0.1) is 19.1 Å². The Hall–Kier alpha value is -0.353. The highest BCUT2D eigenvalue weighted by Crippen LogP contribution is 2.39. The minimum atomic E-state index is -1.88. The van der Waals surface area contributed by atoms with E-state index in [0.29, 0.717) is 5.92 Å². The topological polar surface area (TPSA) is 35.5 Å². The Morgan fingerprint density at radius 1 is 1.21 bits per heavy atom. The van der Waals surface area contributed by atoms with Gasteiger partial charge in [-0.15, -0.1) is 0 Å². The van der Waals surface area contributed by atoms with Crippen molar-refractivity contribution < 1.29 is 14.0 Å². The zero-order valence-corrected chi connectivity index (χ0v) is 15.2. The minimum Gasteiger partial charge on any atom is -0.469 e. The Balaban J connectivity index is 5.14. The van der Waals surface area contributed by atoms with Gasteiger partial charge in [-0.25, -0.2) is 0 Å². The highest BCUT2D eigenvalue weighted by Gasteiger charge is 2.42. The van der Waals surface area contributed by atoms with E-state index in [-0.39, 0.29) is 23.0 Å². The summed E-state index contributed by atoms with van der Waals surface area (Å²) in [5.41, 5.74) is 0. The van der Waals surface area contributed by atoms with Crippen molar-refractivity contribution in [3.8, 4) is 0 Å². The number of ether oxygens (including phenoxy) is 1. The van der Waals surface area contributed by atoms with Crippen molar-refractivity contribution in [2.45, 2.75) is 72.2 Å². The Morgan fingerprint density at radius 2 is 1.68 bits per heavy atom. The molecule has 0 amide bonds. The van der Waals surface area contributed by atoms with Gasteiger partial charge in [-0.2, -0.15) is 0 Å². The van der Waals surface area contributed by atoms with E-state index in [1.807, 2.05) is 6.92 Å². The molecular formula is C15H32O3Si. The number of carbonyl (C=O) groups excluding carboxylic acids is 1. The summed E-state index contributed by atoms with van der Waals surface area (Å²) in [6, 6.07) is 0. The predicted octanol–water partition coefficient (Wildman–Crippen LogP) is 4.23. The van der Waals surface area contributed by atoms with Crippen LogP contribution in [-0.2, 0) is 14.0 Å². The summed E-state index contributed by atoms with van der Waals surface area (Å²) in [6.45, 7) is 17.3. The zero-order chi connectivity index (χ0) is 15.4. The van der Waals surface area contributed by atoms with Gasteiger partial charge >= 0.3 is 5.97 Å². The highest BCUT2D eigenvalue weighted by atomic mass is 28.4. The van der Waals surface area contributed by atoms with E-state index in [0.717, 1.165) is 6.42 Å².